The van der Waals surface area contributed by atoms with Crippen molar-refractivity contribution in [3.05, 3.63) is 36.1 Å². The van der Waals surface area contributed by atoms with Gasteiger partial charge in [-0.15, -0.1) is 0 Å². The molecule has 146 valence electrons. The zero-order chi connectivity index (χ0) is 18.9. The minimum atomic E-state index is -3.50. The smallest absolute Gasteiger partial charge is 0.243 e. The summed E-state index contributed by atoms with van der Waals surface area (Å²) in [5.41, 5.74) is 0. The molecule has 1 aliphatic heterocycles. The average molecular weight is 391 g/mol. The second-order valence-corrected chi connectivity index (χ2v) is 9.12. The van der Waals surface area contributed by atoms with Gasteiger partial charge in [0.05, 0.1) is 11.0 Å². The summed E-state index contributed by atoms with van der Waals surface area (Å²) in [6.45, 7) is 3.88. The zero-order valence-electron chi connectivity index (χ0n) is 15.5. The number of rotatable bonds is 5. The van der Waals surface area contributed by atoms with Gasteiger partial charge in [0.1, 0.15) is 11.5 Å². The van der Waals surface area contributed by atoms with Gasteiger partial charge in [0.15, 0.2) is 5.82 Å². The lowest BCUT2D eigenvalue weighted by Crippen LogP contribution is -2.48. The van der Waals surface area contributed by atoms with Crippen molar-refractivity contribution in [1.29, 1.82) is 0 Å². The first-order valence-corrected chi connectivity index (χ1v) is 10.9. The molecule has 1 saturated carbocycles. The van der Waals surface area contributed by atoms with E-state index < -0.39 is 10.0 Å². The van der Waals surface area contributed by atoms with Gasteiger partial charge in [-0.1, -0.05) is 5.16 Å². The highest BCUT2D eigenvalue weighted by atomic mass is 32.2. The molecule has 27 heavy (non-hydrogen) atoms. The monoisotopic (exact) mass is 391 g/mol. The summed E-state index contributed by atoms with van der Waals surface area (Å²) in [7, 11) is -3.50. The number of piperazine rings is 1. The van der Waals surface area contributed by atoms with Gasteiger partial charge in [-0.05, 0) is 56.9 Å². The van der Waals surface area contributed by atoms with E-state index in [4.69, 9.17) is 9.26 Å². The molecule has 0 spiro atoms. The minimum absolute atomic E-state index is 0.265. The summed E-state index contributed by atoms with van der Waals surface area (Å²) in [5.74, 6) is 2.25. The van der Waals surface area contributed by atoms with Crippen molar-refractivity contribution in [2.75, 3.05) is 31.1 Å². The van der Waals surface area contributed by atoms with Crippen LogP contribution in [0.1, 0.15) is 31.4 Å². The summed E-state index contributed by atoms with van der Waals surface area (Å²) in [5, 5.41) is 4.01. The van der Waals surface area contributed by atoms with Crippen LogP contribution >= 0.6 is 0 Å². The SMILES string of the molecule is Cc1cc(N2CCN(S(=O)(=O)c3ccc(OC4CCCC4)cc3)CC2)no1. The summed E-state index contributed by atoms with van der Waals surface area (Å²) >= 11 is 0. The molecule has 2 aliphatic rings. The molecule has 0 radical (unpaired) electrons. The molecule has 1 aromatic carbocycles. The van der Waals surface area contributed by atoms with Crippen molar-refractivity contribution < 1.29 is 17.7 Å². The fraction of sp³-hybridized carbons (Fsp3) is 0.526. The third-order valence-corrected chi connectivity index (χ3v) is 7.16. The normalized spacial score (nSPS) is 19.5. The van der Waals surface area contributed by atoms with E-state index in [0.717, 1.165) is 30.2 Å². The van der Waals surface area contributed by atoms with Gasteiger partial charge in [0.25, 0.3) is 0 Å². The van der Waals surface area contributed by atoms with Crippen molar-refractivity contribution in [2.24, 2.45) is 0 Å². The van der Waals surface area contributed by atoms with Crippen LogP contribution in [-0.2, 0) is 10.0 Å². The topological polar surface area (TPSA) is 75.9 Å². The maximum atomic E-state index is 12.9. The highest BCUT2D eigenvalue weighted by molar-refractivity contribution is 7.89. The highest BCUT2D eigenvalue weighted by Crippen LogP contribution is 2.26. The number of aromatic nitrogens is 1. The third-order valence-electron chi connectivity index (χ3n) is 5.24. The van der Waals surface area contributed by atoms with E-state index in [1.807, 2.05) is 17.9 Å². The van der Waals surface area contributed by atoms with Gasteiger partial charge in [-0.2, -0.15) is 4.31 Å². The number of benzene rings is 1. The Morgan fingerprint density at radius 1 is 1.07 bits per heavy atom. The predicted octanol–water partition coefficient (Wildman–Crippen LogP) is 2.82. The minimum Gasteiger partial charge on any atom is -0.490 e. The van der Waals surface area contributed by atoms with Gasteiger partial charge >= 0.3 is 0 Å². The molecular formula is C19H25N3O4S. The fourth-order valence-electron chi connectivity index (χ4n) is 3.70. The lowest BCUT2D eigenvalue weighted by Gasteiger charge is -2.33. The number of sulfonamides is 1. The van der Waals surface area contributed by atoms with E-state index in [2.05, 4.69) is 5.16 Å². The third kappa shape index (κ3) is 3.96. The summed E-state index contributed by atoms with van der Waals surface area (Å²) in [4.78, 5) is 2.35. The van der Waals surface area contributed by atoms with Crippen molar-refractivity contribution >= 4 is 15.8 Å². The first-order valence-electron chi connectivity index (χ1n) is 9.47. The van der Waals surface area contributed by atoms with Crippen molar-refractivity contribution in [1.82, 2.24) is 9.46 Å². The van der Waals surface area contributed by atoms with Crippen LogP contribution in [0.4, 0.5) is 5.82 Å². The van der Waals surface area contributed by atoms with Crippen LogP contribution in [-0.4, -0.2) is 50.2 Å². The van der Waals surface area contributed by atoms with Gasteiger partial charge < -0.3 is 14.2 Å². The Bertz CT molecular complexity index is 865. The van der Waals surface area contributed by atoms with E-state index in [1.165, 1.54) is 17.1 Å². The molecule has 1 aliphatic carbocycles. The Hall–Kier alpha value is -2.06. The van der Waals surface area contributed by atoms with Gasteiger partial charge in [0.2, 0.25) is 10.0 Å². The Kier molecular flexibility index (Phi) is 5.10. The second kappa shape index (κ2) is 7.52. The first-order chi connectivity index (χ1) is 13.0. The maximum Gasteiger partial charge on any atom is 0.243 e. The molecule has 2 aromatic rings. The van der Waals surface area contributed by atoms with Gasteiger partial charge in [0, 0.05) is 32.2 Å². The Morgan fingerprint density at radius 3 is 2.33 bits per heavy atom. The second-order valence-electron chi connectivity index (χ2n) is 7.18. The molecule has 0 unspecified atom stereocenters. The van der Waals surface area contributed by atoms with Crippen LogP contribution in [0.15, 0.2) is 39.8 Å². The van der Waals surface area contributed by atoms with E-state index in [1.54, 1.807) is 24.3 Å². The molecule has 4 rings (SSSR count). The van der Waals surface area contributed by atoms with E-state index >= 15 is 0 Å². The lowest BCUT2D eigenvalue weighted by atomic mass is 10.3. The average Bonchev–Trinajstić information content (AvgIpc) is 3.34. The summed E-state index contributed by atoms with van der Waals surface area (Å²) in [6, 6.07) is 8.69. The molecule has 1 saturated heterocycles. The maximum absolute atomic E-state index is 12.9. The fourth-order valence-corrected chi connectivity index (χ4v) is 5.12. The summed E-state index contributed by atoms with van der Waals surface area (Å²) < 4.78 is 38.4. The number of anilines is 1. The largest absolute Gasteiger partial charge is 0.490 e. The van der Waals surface area contributed by atoms with E-state index in [0.29, 0.717) is 31.1 Å². The van der Waals surface area contributed by atoms with Gasteiger partial charge in [-0.25, -0.2) is 8.42 Å². The molecule has 2 fully saturated rings. The van der Waals surface area contributed by atoms with Crippen LogP contribution in [0.25, 0.3) is 0 Å². The Labute approximate surface area is 159 Å². The molecule has 0 bridgehead atoms. The molecule has 0 N–H and O–H groups in total. The number of hydrogen-bond acceptors (Lipinski definition) is 6. The van der Waals surface area contributed by atoms with Crippen LogP contribution in [0, 0.1) is 6.92 Å². The van der Waals surface area contributed by atoms with Crippen molar-refractivity contribution in [3.8, 4) is 5.75 Å². The number of hydrogen-bond donors (Lipinski definition) is 0. The van der Waals surface area contributed by atoms with Crippen LogP contribution in [0.2, 0.25) is 0 Å². The standard InChI is InChI=1S/C19H25N3O4S/c1-15-14-19(20-26-15)21-10-12-22(13-11-21)27(23,24)18-8-6-17(7-9-18)25-16-4-2-3-5-16/h6-9,14,16H,2-5,10-13H2,1H3. The highest BCUT2D eigenvalue weighted by Gasteiger charge is 2.29. The van der Waals surface area contributed by atoms with Crippen LogP contribution < -0.4 is 9.64 Å². The van der Waals surface area contributed by atoms with Crippen LogP contribution in [0.3, 0.4) is 0 Å². The van der Waals surface area contributed by atoms with Gasteiger partial charge in [-0.3, -0.25) is 0 Å². The molecule has 0 amide bonds. The molecular weight excluding hydrogens is 366 g/mol. The first kappa shape index (κ1) is 18.3. The predicted molar refractivity (Wildman–Crippen MR) is 102 cm³/mol. The van der Waals surface area contributed by atoms with Crippen LogP contribution in [0.5, 0.6) is 5.75 Å². The van der Waals surface area contributed by atoms with E-state index in [9.17, 15) is 8.42 Å². The summed E-state index contributed by atoms with van der Waals surface area (Å²) in [6.07, 6.45) is 4.83. The number of aryl methyl sites for hydroxylation is 1. The molecule has 0 atom stereocenters. The molecule has 8 heteroatoms. The quantitative estimate of drug-likeness (QED) is 0.780. The molecule has 7 nitrogen and oxygen atoms in total. The molecule has 1 aromatic heterocycles. The number of ether oxygens (including phenoxy) is 1. The van der Waals surface area contributed by atoms with E-state index in [-0.39, 0.29) is 6.10 Å². The van der Waals surface area contributed by atoms with Crippen molar-refractivity contribution in [2.45, 2.75) is 43.6 Å². The number of nitrogens with zero attached hydrogens (tertiary/aromatic N) is 3. The lowest BCUT2D eigenvalue weighted by molar-refractivity contribution is 0.210. The van der Waals surface area contributed by atoms with Crippen molar-refractivity contribution in [3.63, 3.8) is 0 Å². The Balaban J connectivity index is 1.39. The zero-order valence-corrected chi connectivity index (χ0v) is 16.3. The molecule has 2 heterocycles. The Morgan fingerprint density at radius 2 is 1.74 bits per heavy atom.